The van der Waals surface area contributed by atoms with E-state index in [0.29, 0.717) is 0 Å². The highest BCUT2D eigenvalue weighted by Crippen LogP contribution is 2.49. The van der Waals surface area contributed by atoms with Gasteiger partial charge in [-0.2, -0.15) is 0 Å². The maximum Gasteiger partial charge on any atom is 0.530 e. The molecule has 0 bridgehead atoms. The average molecular weight is 480 g/mol. The first-order chi connectivity index (χ1) is 14.0. The van der Waals surface area contributed by atoms with Gasteiger partial charge in [-0.05, 0) is 12.1 Å². The molecule has 0 saturated carbocycles. The summed E-state index contributed by atoms with van der Waals surface area (Å²) >= 11 is 2.10. The van der Waals surface area contributed by atoms with Crippen molar-refractivity contribution in [1.29, 1.82) is 0 Å². The van der Waals surface area contributed by atoms with Crippen molar-refractivity contribution in [2.75, 3.05) is 24.7 Å². The minimum atomic E-state index is -4.07. The van der Waals surface area contributed by atoms with Crippen LogP contribution >= 0.6 is 31.3 Å². The Balaban J connectivity index is 2.71. The van der Waals surface area contributed by atoms with Gasteiger partial charge >= 0.3 is 7.82 Å². The fourth-order valence-corrected chi connectivity index (χ4v) is 4.60. The van der Waals surface area contributed by atoms with Crippen molar-refractivity contribution in [2.45, 2.75) is 27.7 Å². The Bertz CT molecular complexity index is 738. The van der Waals surface area contributed by atoms with Gasteiger partial charge in [0.05, 0.1) is 18.1 Å². The Hall–Kier alpha value is -1.39. The number of phosphoric ester groups is 1. The second-order valence-electron chi connectivity index (χ2n) is 6.60. The zero-order valence-electron chi connectivity index (χ0n) is 17.3. The number of thioether (sulfide) groups is 2. The van der Waals surface area contributed by atoms with Crippen LogP contribution < -0.4 is 4.52 Å². The summed E-state index contributed by atoms with van der Waals surface area (Å²) in [5.41, 5.74) is -0.147. The lowest BCUT2D eigenvalue weighted by Crippen LogP contribution is -2.10. The monoisotopic (exact) mass is 479 g/mol. The van der Waals surface area contributed by atoms with E-state index >= 15 is 0 Å². The van der Waals surface area contributed by atoms with Crippen LogP contribution in [0.4, 0.5) is 5.69 Å². The van der Waals surface area contributed by atoms with E-state index < -0.39 is 12.7 Å². The van der Waals surface area contributed by atoms with E-state index in [1.54, 1.807) is 27.7 Å². The first-order valence-corrected chi connectivity index (χ1v) is 12.6. The van der Waals surface area contributed by atoms with Crippen LogP contribution in [0, 0.1) is 22.0 Å². The van der Waals surface area contributed by atoms with Gasteiger partial charge in [0, 0.05) is 35.5 Å². The number of carbonyl (C=O) groups is 2. The molecule has 0 aliphatic heterocycles. The van der Waals surface area contributed by atoms with E-state index in [-0.39, 0.29) is 58.2 Å². The fourth-order valence-electron chi connectivity index (χ4n) is 1.76. The summed E-state index contributed by atoms with van der Waals surface area (Å²) in [6.07, 6.45) is 0. The summed E-state index contributed by atoms with van der Waals surface area (Å²) in [5.74, 6) is 0.319. The maximum atomic E-state index is 13.0. The summed E-state index contributed by atoms with van der Waals surface area (Å²) in [6, 6.07) is 4.97. The number of hydrogen-bond donors (Lipinski definition) is 0. The van der Waals surface area contributed by atoms with Gasteiger partial charge in [-0.15, -0.1) is 0 Å². The maximum absolute atomic E-state index is 13.0. The lowest BCUT2D eigenvalue weighted by Gasteiger charge is -2.18. The quantitative estimate of drug-likeness (QED) is 0.166. The van der Waals surface area contributed by atoms with E-state index in [1.165, 1.54) is 24.3 Å². The van der Waals surface area contributed by atoms with Gasteiger partial charge in [-0.3, -0.25) is 28.8 Å². The Morgan fingerprint density at radius 1 is 0.967 bits per heavy atom. The van der Waals surface area contributed by atoms with E-state index in [0.717, 1.165) is 23.5 Å². The molecule has 0 spiro atoms. The van der Waals surface area contributed by atoms with Crippen molar-refractivity contribution < 1.29 is 32.6 Å². The number of carbonyl (C=O) groups excluding carboxylic acids is 2. The van der Waals surface area contributed by atoms with Gasteiger partial charge in [-0.25, -0.2) is 4.57 Å². The molecule has 0 heterocycles. The van der Waals surface area contributed by atoms with E-state index in [2.05, 4.69) is 0 Å². The van der Waals surface area contributed by atoms with Gasteiger partial charge < -0.3 is 4.52 Å². The number of non-ortho nitro benzene ring substituents is 1. The van der Waals surface area contributed by atoms with Crippen LogP contribution in [-0.2, 0) is 23.2 Å². The zero-order chi connectivity index (χ0) is 22.7. The van der Waals surface area contributed by atoms with Gasteiger partial charge in [0.2, 0.25) is 0 Å². The number of nitrogens with zero attached hydrogens (tertiary/aromatic N) is 1. The van der Waals surface area contributed by atoms with Crippen LogP contribution in [0.2, 0.25) is 0 Å². The van der Waals surface area contributed by atoms with Crippen molar-refractivity contribution >= 4 is 47.3 Å². The molecule has 9 nitrogen and oxygen atoms in total. The summed E-state index contributed by atoms with van der Waals surface area (Å²) in [5, 5.41) is 10.7. The Kier molecular flexibility index (Phi) is 11.6. The van der Waals surface area contributed by atoms with Crippen LogP contribution in [0.25, 0.3) is 0 Å². The minimum absolute atomic E-state index is 0.0192. The van der Waals surface area contributed by atoms with E-state index in [4.69, 9.17) is 13.6 Å². The summed E-state index contributed by atoms with van der Waals surface area (Å²) in [4.78, 5) is 33.5. The van der Waals surface area contributed by atoms with Crippen molar-refractivity contribution in [3.63, 3.8) is 0 Å². The second kappa shape index (κ2) is 13.1. The van der Waals surface area contributed by atoms with Crippen LogP contribution in [0.1, 0.15) is 27.7 Å². The molecule has 12 heteroatoms. The number of phosphoric acid groups is 1. The molecule has 0 aliphatic rings. The molecule has 0 atom stereocenters. The number of nitro groups is 1. The van der Waals surface area contributed by atoms with Crippen molar-refractivity contribution in [3.8, 4) is 5.75 Å². The molecule has 0 aliphatic carbocycles. The summed E-state index contributed by atoms with van der Waals surface area (Å²) in [7, 11) is -4.07. The molecule has 0 amide bonds. The second-order valence-corrected chi connectivity index (χ2v) is 10.4. The molecule has 0 aromatic heterocycles. The van der Waals surface area contributed by atoms with E-state index in [9.17, 15) is 24.3 Å². The van der Waals surface area contributed by atoms with Gasteiger partial charge in [0.25, 0.3) is 5.69 Å². The van der Waals surface area contributed by atoms with Gasteiger partial charge in [-0.1, -0.05) is 51.2 Å². The Labute approximate surface area is 184 Å². The largest absolute Gasteiger partial charge is 0.530 e. The van der Waals surface area contributed by atoms with E-state index in [1.807, 2.05) is 0 Å². The highest BCUT2D eigenvalue weighted by Gasteiger charge is 2.29. The Morgan fingerprint density at radius 2 is 1.40 bits per heavy atom. The molecule has 0 unspecified atom stereocenters. The molecule has 1 aromatic carbocycles. The molecule has 1 aromatic rings. The van der Waals surface area contributed by atoms with Crippen LogP contribution in [0.15, 0.2) is 24.3 Å². The smallest absolute Gasteiger partial charge is 0.404 e. The zero-order valence-corrected chi connectivity index (χ0v) is 19.8. The molecule has 0 N–H and O–H groups in total. The predicted octanol–water partition coefficient (Wildman–Crippen LogP) is 4.95. The molecule has 168 valence electrons. The molecule has 1 rings (SSSR count). The number of rotatable bonds is 13. The van der Waals surface area contributed by atoms with Crippen LogP contribution in [0.3, 0.4) is 0 Å². The normalized spacial score (nSPS) is 11.7. The first-order valence-electron chi connectivity index (χ1n) is 9.20. The number of hydrogen-bond acceptors (Lipinski definition) is 10. The molecule has 0 fully saturated rings. The Morgan fingerprint density at radius 3 is 1.77 bits per heavy atom. The first kappa shape index (κ1) is 26.6. The molecule has 0 radical (unpaired) electrons. The third-order valence-electron chi connectivity index (χ3n) is 3.36. The summed E-state index contributed by atoms with van der Waals surface area (Å²) < 4.78 is 28.9. The highest BCUT2D eigenvalue weighted by atomic mass is 32.2. The SMILES string of the molecule is CC(C)C(=O)SCCOP(=O)(OCCSC(=O)C(C)C)Oc1ccc([N+](=O)[O-])cc1. The third kappa shape index (κ3) is 10.1. The lowest BCUT2D eigenvalue weighted by atomic mass is 10.3. The van der Waals surface area contributed by atoms with Crippen molar-refractivity contribution in [3.05, 3.63) is 34.4 Å². The lowest BCUT2D eigenvalue weighted by molar-refractivity contribution is -0.384. The highest BCUT2D eigenvalue weighted by molar-refractivity contribution is 8.13. The van der Waals surface area contributed by atoms with Gasteiger partial charge in [0.15, 0.2) is 10.2 Å². The molecular weight excluding hydrogens is 453 g/mol. The standard InChI is InChI=1S/C18H26NO8PS2/c1-13(2)17(20)29-11-9-25-28(24,26-10-12-30-18(21)14(3)4)27-16-7-5-15(6-8-16)19(22)23/h5-8,13-14H,9-12H2,1-4H3. The third-order valence-corrected chi connectivity index (χ3v) is 7.05. The molecular formula is C18H26NO8PS2. The molecule has 0 saturated heterocycles. The van der Waals surface area contributed by atoms with Crippen LogP contribution in [0.5, 0.6) is 5.75 Å². The fraction of sp³-hybridized carbons (Fsp3) is 0.556. The minimum Gasteiger partial charge on any atom is -0.404 e. The van der Waals surface area contributed by atoms with Crippen LogP contribution in [-0.4, -0.2) is 39.9 Å². The van der Waals surface area contributed by atoms with Crippen molar-refractivity contribution in [1.82, 2.24) is 0 Å². The van der Waals surface area contributed by atoms with Gasteiger partial charge in [0.1, 0.15) is 5.75 Å². The number of benzene rings is 1. The van der Waals surface area contributed by atoms with Crippen molar-refractivity contribution in [2.24, 2.45) is 11.8 Å². The number of nitro benzene ring substituents is 1. The topological polar surface area (TPSA) is 122 Å². The average Bonchev–Trinajstić information content (AvgIpc) is 2.68. The molecule has 30 heavy (non-hydrogen) atoms. The summed E-state index contributed by atoms with van der Waals surface area (Å²) in [6.45, 7) is 6.98. The predicted molar refractivity (Wildman–Crippen MR) is 118 cm³/mol.